The number of pyridine rings is 1. The van der Waals surface area contributed by atoms with E-state index in [-0.39, 0.29) is 17.3 Å². The van der Waals surface area contributed by atoms with E-state index in [9.17, 15) is 9.59 Å². The standard InChI is InChI=1S/C12H17N3O3/c1-15(2)8-4-7-13-11(16)9-5-3-6-10(14-9)12(17)18/h3,5-6H,4,7-8H2,1-2H3,(H,13,16)(H,17,18). The number of nitrogens with one attached hydrogen (secondary N) is 1. The molecule has 0 radical (unpaired) electrons. The van der Waals surface area contributed by atoms with Crippen LogP contribution in [0.4, 0.5) is 0 Å². The van der Waals surface area contributed by atoms with Crippen LogP contribution in [-0.2, 0) is 0 Å². The Labute approximate surface area is 106 Å². The predicted molar refractivity (Wildman–Crippen MR) is 66.7 cm³/mol. The fourth-order valence-corrected chi connectivity index (χ4v) is 1.37. The molecule has 0 aromatic carbocycles. The number of hydrogen-bond acceptors (Lipinski definition) is 4. The zero-order valence-corrected chi connectivity index (χ0v) is 10.5. The number of nitrogens with zero attached hydrogens (tertiary/aromatic N) is 2. The van der Waals surface area contributed by atoms with Gasteiger partial charge in [-0.2, -0.15) is 0 Å². The molecule has 0 aliphatic carbocycles. The first kappa shape index (κ1) is 14.1. The van der Waals surface area contributed by atoms with Crippen molar-refractivity contribution in [2.45, 2.75) is 6.42 Å². The first-order valence-corrected chi connectivity index (χ1v) is 5.64. The first-order chi connectivity index (χ1) is 8.50. The van der Waals surface area contributed by atoms with E-state index in [4.69, 9.17) is 5.11 Å². The maximum Gasteiger partial charge on any atom is 0.354 e. The number of carbonyl (C=O) groups is 2. The summed E-state index contributed by atoms with van der Waals surface area (Å²) in [4.78, 5) is 28.2. The van der Waals surface area contributed by atoms with Crippen LogP contribution in [-0.4, -0.2) is 54.1 Å². The van der Waals surface area contributed by atoms with Crippen LogP contribution < -0.4 is 5.32 Å². The molecule has 0 saturated heterocycles. The summed E-state index contributed by atoms with van der Waals surface area (Å²) in [6, 6.07) is 4.35. The van der Waals surface area contributed by atoms with Gasteiger partial charge in [0.2, 0.25) is 0 Å². The van der Waals surface area contributed by atoms with Gasteiger partial charge in [-0.25, -0.2) is 9.78 Å². The Morgan fingerprint density at radius 2 is 2.00 bits per heavy atom. The van der Waals surface area contributed by atoms with E-state index in [1.165, 1.54) is 18.2 Å². The maximum atomic E-state index is 11.7. The summed E-state index contributed by atoms with van der Waals surface area (Å²) in [7, 11) is 3.92. The SMILES string of the molecule is CN(C)CCCNC(=O)c1cccc(C(=O)O)n1. The molecule has 1 aromatic heterocycles. The Morgan fingerprint density at radius 1 is 1.33 bits per heavy atom. The Morgan fingerprint density at radius 3 is 2.61 bits per heavy atom. The van der Waals surface area contributed by atoms with Gasteiger partial charge in [-0.15, -0.1) is 0 Å². The second-order valence-corrected chi connectivity index (χ2v) is 4.13. The van der Waals surface area contributed by atoms with Crippen molar-refractivity contribution in [2.24, 2.45) is 0 Å². The van der Waals surface area contributed by atoms with Gasteiger partial charge in [0.1, 0.15) is 11.4 Å². The summed E-state index contributed by atoms with van der Waals surface area (Å²) < 4.78 is 0. The van der Waals surface area contributed by atoms with Crippen molar-refractivity contribution in [3.63, 3.8) is 0 Å². The Balaban J connectivity index is 2.51. The van der Waals surface area contributed by atoms with E-state index in [2.05, 4.69) is 10.3 Å². The number of rotatable bonds is 6. The van der Waals surface area contributed by atoms with Gasteiger partial charge in [0.25, 0.3) is 5.91 Å². The molecule has 1 heterocycles. The van der Waals surface area contributed by atoms with Gasteiger partial charge in [-0.05, 0) is 39.2 Å². The number of carboxylic acids is 1. The summed E-state index contributed by atoms with van der Waals surface area (Å²) in [6.07, 6.45) is 0.831. The molecule has 0 saturated carbocycles. The van der Waals surface area contributed by atoms with Crippen LogP contribution in [0.2, 0.25) is 0 Å². The largest absolute Gasteiger partial charge is 0.477 e. The zero-order chi connectivity index (χ0) is 13.5. The Hall–Kier alpha value is -1.95. The number of aromatic carboxylic acids is 1. The third kappa shape index (κ3) is 4.50. The van der Waals surface area contributed by atoms with Gasteiger partial charge in [-0.3, -0.25) is 4.79 Å². The van der Waals surface area contributed by atoms with Crippen molar-refractivity contribution >= 4 is 11.9 Å². The smallest absolute Gasteiger partial charge is 0.354 e. The summed E-state index contributed by atoms with van der Waals surface area (Å²) in [5.74, 6) is -1.49. The third-order valence-corrected chi connectivity index (χ3v) is 2.27. The third-order valence-electron chi connectivity index (χ3n) is 2.27. The van der Waals surface area contributed by atoms with E-state index in [1.54, 1.807) is 0 Å². The van der Waals surface area contributed by atoms with E-state index in [1.807, 2.05) is 19.0 Å². The van der Waals surface area contributed by atoms with Gasteiger partial charge < -0.3 is 15.3 Å². The molecule has 0 spiro atoms. The van der Waals surface area contributed by atoms with Crippen LogP contribution >= 0.6 is 0 Å². The average molecular weight is 251 g/mol. The second-order valence-electron chi connectivity index (χ2n) is 4.13. The fraction of sp³-hybridized carbons (Fsp3) is 0.417. The quantitative estimate of drug-likeness (QED) is 0.718. The molecule has 1 rings (SSSR count). The van der Waals surface area contributed by atoms with Crippen LogP contribution in [0.25, 0.3) is 0 Å². The van der Waals surface area contributed by atoms with Crippen molar-refractivity contribution in [1.29, 1.82) is 0 Å². The van der Waals surface area contributed by atoms with Gasteiger partial charge in [0, 0.05) is 6.54 Å². The molecule has 98 valence electrons. The highest BCUT2D eigenvalue weighted by Crippen LogP contribution is 1.99. The van der Waals surface area contributed by atoms with Gasteiger partial charge in [0.05, 0.1) is 0 Å². The summed E-state index contributed by atoms with van der Waals surface area (Å²) in [5, 5.41) is 11.5. The highest BCUT2D eigenvalue weighted by molar-refractivity contribution is 5.94. The summed E-state index contributed by atoms with van der Waals surface area (Å²) in [5.41, 5.74) is -0.00399. The molecular formula is C12H17N3O3. The second kappa shape index (κ2) is 6.70. The maximum absolute atomic E-state index is 11.7. The van der Waals surface area contributed by atoms with Gasteiger partial charge in [0.15, 0.2) is 0 Å². The molecule has 0 atom stereocenters. The van der Waals surface area contributed by atoms with E-state index < -0.39 is 5.97 Å². The molecule has 6 heteroatoms. The van der Waals surface area contributed by atoms with Crippen LogP contribution in [0.15, 0.2) is 18.2 Å². The minimum atomic E-state index is -1.14. The van der Waals surface area contributed by atoms with E-state index in [0.717, 1.165) is 13.0 Å². The molecule has 0 aliphatic heterocycles. The lowest BCUT2D eigenvalue weighted by atomic mass is 10.3. The summed E-state index contributed by atoms with van der Waals surface area (Å²) in [6.45, 7) is 1.42. The van der Waals surface area contributed by atoms with Crippen molar-refractivity contribution in [3.8, 4) is 0 Å². The van der Waals surface area contributed by atoms with Crippen LogP contribution in [0, 0.1) is 0 Å². The highest BCUT2D eigenvalue weighted by atomic mass is 16.4. The van der Waals surface area contributed by atoms with E-state index in [0.29, 0.717) is 6.54 Å². The van der Waals surface area contributed by atoms with Crippen LogP contribution in [0.5, 0.6) is 0 Å². The van der Waals surface area contributed by atoms with E-state index >= 15 is 0 Å². The van der Waals surface area contributed by atoms with Crippen molar-refractivity contribution in [3.05, 3.63) is 29.6 Å². The van der Waals surface area contributed by atoms with Gasteiger partial charge >= 0.3 is 5.97 Å². The molecule has 6 nitrogen and oxygen atoms in total. The lowest BCUT2D eigenvalue weighted by molar-refractivity contribution is 0.0690. The number of hydrogen-bond donors (Lipinski definition) is 2. The number of amides is 1. The predicted octanol–water partition coefficient (Wildman–Crippen LogP) is 0.461. The van der Waals surface area contributed by atoms with Crippen LogP contribution in [0.3, 0.4) is 0 Å². The molecule has 0 unspecified atom stereocenters. The van der Waals surface area contributed by atoms with Gasteiger partial charge in [-0.1, -0.05) is 6.07 Å². The number of aromatic nitrogens is 1. The Kier molecular flexibility index (Phi) is 5.26. The highest BCUT2D eigenvalue weighted by Gasteiger charge is 2.10. The summed E-state index contributed by atoms with van der Waals surface area (Å²) >= 11 is 0. The monoisotopic (exact) mass is 251 g/mol. The minimum Gasteiger partial charge on any atom is -0.477 e. The zero-order valence-electron chi connectivity index (χ0n) is 10.5. The molecular weight excluding hydrogens is 234 g/mol. The van der Waals surface area contributed by atoms with Crippen LogP contribution in [0.1, 0.15) is 27.4 Å². The topological polar surface area (TPSA) is 82.5 Å². The molecule has 2 N–H and O–H groups in total. The normalized spacial score (nSPS) is 10.4. The first-order valence-electron chi connectivity index (χ1n) is 5.64. The molecule has 0 fully saturated rings. The molecule has 1 amide bonds. The van der Waals surface area contributed by atoms with Crippen molar-refractivity contribution < 1.29 is 14.7 Å². The minimum absolute atomic E-state index is 0.125. The Bertz CT molecular complexity index is 432. The number of carboxylic acid groups (broad SMARTS) is 1. The average Bonchev–Trinajstić information content (AvgIpc) is 2.34. The molecule has 1 aromatic rings. The molecule has 0 aliphatic rings. The fourth-order valence-electron chi connectivity index (χ4n) is 1.37. The van der Waals surface area contributed by atoms with Crippen molar-refractivity contribution in [2.75, 3.05) is 27.2 Å². The molecule has 0 bridgehead atoms. The lowest BCUT2D eigenvalue weighted by Gasteiger charge is -2.09. The lowest BCUT2D eigenvalue weighted by Crippen LogP contribution is -2.28. The number of carbonyl (C=O) groups excluding carboxylic acids is 1. The van der Waals surface area contributed by atoms with Crippen molar-refractivity contribution in [1.82, 2.24) is 15.2 Å². The molecule has 18 heavy (non-hydrogen) atoms.